The average Bonchev–Trinajstić information content (AvgIpc) is 3.03. The fraction of sp³-hybridized carbons (Fsp3) is 0.857. The molecule has 0 aromatic carbocycles. The molecule has 1 saturated heterocycles. The summed E-state index contributed by atoms with van der Waals surface area (Å²) in [5.41, 5.74) is -1.40. The van der Waals surface area contributed by atoms with E-state index >= 15 is 0 Å². The van der Waals surface area contributed by atoms with Gasteiger partial charge in [-0.05, 0) is 26.7 Å². The van der Waals surface area contributed by atoms with Crippen molar-refractivity contribution < 1.29 is 22.8 Å². The third-order valence-corrected chi connectivity index (χ3v) is 5.96. The van der Waals surface area contributed by atoms with E-state index in [0.29, 0.717) is 11.7 Å². The van der Waals surface area contributed by atoms with Crippen molar-refractivity contribution in [2.45, 2.75) is 50.7 Å². The molecule has 0 amide bonds. The van der Waals surface area contributed by atoms with Gasteiger partial charge in [-0.1, -0.05) is 5.16 Å². The van der Waals surface area contributed by atoms with E-state index in [0.717, 1.165) is 12.8 Å². The van der Waals surface area contributed by atoms with Crippen molar-refractivity contribution in [3.8, 4) is 0 Å². The van der Waals surface area contributed by atoms with Gasteiger partial charge in [-0.15, -0.1) is 0 Å². The van der Waals surface area contributed by atoms with Crippen LogP contribution in [0.3, 0.4) is 0 Å². The van der Waals surface area contributed by atoms with Crippen LogP contribution in [-0.4, -0.2) is 59.5 Å². The molecule has 1 aliphatic carbocycles. The van der Waals surface area contributed by atoms with Crippen molar-refractivity contribution in [3.05, 3.63) is 11.7 Å². The first-order valence-corrected chi connectivity index (χ1v) is 9.57. The minimum Gasteiger partial charge on any atom is -0.379 e. The summed E-state index contributed by atoms with van der Waals surface area (Å²) in [5, 5.41) is 14.6. The van der Waals surface area contributed by atoms with E-state index in [2.05, 4.69) is 10.1 Å². The average molecular weight is 345 g/mol. The molecule has 1 aliphatic heterocycles. The molecule has 3 rings (SSSR count). The Kier molecular flexibility index (Phi) is 4.47. The molecule has 0 radical (unpaired) electrons. The molecule has 1 aromatic rings. The van der Waals surface area contributed by atoms with Crippen LogP contribution in [0.2, 0.25) is 0 Å². The van der Waals surface area contributed by atoms with Gasteiger partial charge in [0.15, 0.2) is 11.4 Å². The summed E-state index contributed by atoms with van der Waals surface area (Å²) >= 11 is 0. The molecule has 0 spiro atoms. The van der Waals surface area contributed by atoms with E-state index in [-0.39, 0.29) is 43.9 Å². The number of aromatic nitrogens is 2. The lowest BCUT2D eigenvalue weighted by Gasteiger charge is -2.20. The molecule has 130 valence electrons. The summed E-state index contributed by atoms with van der Waals surface area (Å²) in [6, 6.07) is 0. The largest absolute Gasteiger partial charge is 0.379 e. The third-order valence-electron chi connectivity index (χ3n) is 4.18. The highest BCUT2D eigenvalue weighted by Crippen LogP contribution is 2.40. The maximum absolute atomic E-state index is 12.3. The molecule has 1 N–H and O–H groups in total. The molecule has 1 atom stereocenters. The van der Waals surface area contributed by atoms with Gasteiger partial charge >= 0.3 is 0 Å². The van der Waals surface area contributed by atoms with Crippen molar-refractivity contribution in [2.24, 2.45) is 0 Å². The van der Waals surface area contributed by atoms with Crippen molar-refractivity contribution >= 4 is 10.0 Å². The van der Waals surface area contributed by atoms with E-state index in [1.54, 1.807) is 0 Å². The SMILES string of the molecule is CC(C)OCCS(=O)(=O)N1CCC(O)(c2nc(C3CC3)no2)C1. The number of ether oxygens (including phenoxy) is 1. The fourth-order valence-corrected chi connectivity index (χ4v) is 3.97. The summed E-state index contributed by atoms with van der Waals surface area (Å²) in [6.07, 6.45) is 2.31. The van der Waals surface area contributed by atoms with Gasteiger partial charge in [0.05, 0.1) is 25.0 Å². The smallest absolute Gasteiger partial charge is 0.260 e. The number of nitrogens with zero attached hydrogens (tertiary/aromatic N) is 3. The second-order valence-electron chi connectivity index (χ2n) is 6.58. The van der Waals surface area contributed by atoms with E-state index in [4.69, 9.17) is 9.26 Å². The van der Waals surface area contributed by atoms with Gasteiger partial charge in [0.1, 0.15) is 0 Å². The molecule has 0 bridgehead atoms. The number of rotatable bonds is 7. The Morgan fingerprint density at radius 2 is 2.22 bits per heavy atom. The van der Waals surface area contributed by atoms with Crippen molar-refractivity contribution in [3.63, 3.8) is 0 Å². The van der Waals surface area contributed by atoms with Crippen LogP contribution < -0.4 is 0 Å². The summed E-state index contributed by atoms with van der Waals surface area (Å²) in [5.74, 6) is 0.958. The van der Waals surface area contributed by atoms with Crippen LogP contribution in [0, 0.1) is 0 Å². The normalized spacial score (nSPS) is 26.3. The molecular weight excluding hydrogens is 322 g/mol. The summed E-state index contributed by atoms with van der Waals surface area (Å²) in [4.78, 5) is 4.25. The van der Waals surface area contributed by atoms with E-state index in [1.807, 2.05) is 13.8 Å². The monoisotopic (exact) mass is 345 g/mol. The van der Waals surface area contributed by atoms with E-state index < -0.39 is 15.6 Å². The molecule has 1 unspecified atom stereocenters. The lowest BCUT2D eigenvalue weighted by molar-refractivity contribution is 0.0193. The second kappa shape index (κ2) is 6.12. The lowest BCUT2D eigenvalue weighted by Crippen LogP contribution is -2.36. The Bertz CT molecular complexity index is 655. The minimum atomic E-state index is -3.47. The molecule has 23 heavy (non-hydrogen) atoms. The zero-order valence-corrected chi connectivity index (χ0v) is 14.3. The standard InChI is InChI=1S/C14H23N3O5S/c1-10(2)21-7-8-23(19,20)17-6-5-14(18,9-17)13-15-12(16-22-13)11-3-4-11/h10-11,18H,3-9H2,1-2H3. The molecule has 2 heterocycles. The van der Waals surface area contributed by atoms with Gasteiger partial charge in [-0.2, -0.15) is 9.29 Å². The Morgan fingerprint density at radius 1 is 1.48 bits per heavy atom. The zero-order chi connectivity index (χ0) is 16.7. The highest BCUT2D eigenvalue weighted by molar-refractivity contribution is 7.89. The van der Waals surface area contributed by atoms with Gasteiger partial charge in [-0.25, -0.2) is 8.42 Å². The van der Waals surface area contributed by atoms with E-state index in [1.165, 1.54) is 4.31 Å². The van der Waals surface area contributed by atoms with Gasteiger partial charge in [0.25, 0.3) is 5.89 Å². The molecule has 1 saturated carbocycles. The Hall–Kier alpha value is -1.03. The number of aliphatic hydroxyl groups is 1. The van der Waals surface area contributed by atoms with Gasteiger partial charge in [0, 0.05) is 18.9 Å². The molecule has 8 nitrogen and oxygen atoms in total. The molecular formula is C14H23N3O5S. The highest BCUT2D eigenvalue weighted by Gasteiger charge is 2.46. The number of β-amino-alcohol motifs (C(OH)–C–C–N with tert-alkyl or cyclic N) is 1. The predicted molar refractivity (Wildman–Crippen MR) is 81.2 cm³/mol. The Labute approximate surface area is 135 Å². The van der Waals surface area contributed by atoms with Crippen LogP contribution in [0.1, 0.15) is 50.7 Å². The summed E-state index contributed by atoms with van der Waals surface area (Å²) < 4.78 is 36.4. The summed E-state index contributed by atoms with van der Waals surface area (Å²) in [6.45, 7) is 4.04. The third kappa shape index (κ3) is 3.73. The topological polar surface area (TPSA) is 106 Å². The predicted octanol–water partition coefficient (Wildman–Crippen LogP) is 0.595. The second-order valence-corrected chi connectivity index (χ2v) is 8.67. The van der Waals surface area contributed by atoms with Gasteiger partial charge < -0.3 is 14.4 Å². The first-order valence-electron chi connectivity index (χ1n) is 7.96. The van der Waals surface area contributed by atoms with Crippen LogP contribution >= 0.6 is 0 Å². The van der Waals surface area contributed by atoms with Crippen LogP contribution in [-0.2, 0) is 20.4 Å². The Morgan fingerprint density at radius 3 is 2.87 bits per heavy atom. The molecule has 2 fully saturated rings. The van der Waals surface area contributed by atoms with Crippen LogP contribution in [0.25, 0.3) is 0 Å². The van der Waals surface area contributed by atoms with Crippen LogP contribution in [0.4, 0.5) is 0 Å². The highest BCUT2D eigenvalue weighted by atomic mass is 32.2. The fourth-order valence-electron chi connectivity index (χ4n) is 2.62. The quantitative estimate of drug-likeness (QED) is 0.771. The Balaban J connectivity index is 1.63. The van der Waals surface area contributed by atoms with Crippen molar-refractivity contribution in [2.75, 3.05) is 25.4 Å². The van der Waals surface area contributed by atoms with Crippen LogP contribution in [0.5, 0.6) is 0 Å². The number of hydrogen-bond acceptors (Lipinski definition) is 7. The summed E-state index contributed by atoms with van der Waals surface area (Å²) in [7, 11) is -3.47. The minimum absolute atomic E-state index is 0.0139. The van der Waals surface area contributed by atoms with Crippen molar-refractivity contribution in [1.82, 2.24) is 14.4 Å². The van der Waals surface area contributed by atoms with Gasteiger partial charge in [-0.3, -0.25) is 0 Å². The molecule has 9 heteroatoms. The van der Waals surface area contributed by atoms with Crippen molar-refractivity contribution in [1.29, 1.82) is 0 Å². The zero-order valence-electron chi connectivity index (χ0n) is 13.4. The maximum Gasteiger partial charge on any atom is 0.260 e. The first-order chi connectivity index (χ1) is 10.8. The molecule has 2 aliphatic rings. The first kappa shape index (κ1) is 16.8. The maximum atomic E-state index is 12.3. The van der Waals surface area contributed by atoms with Crippen LogP contribution in [0.15, 0.2) is 4.52 Å². The molecule has 1 aromatic heterocycles. The number of hydrogen-bond donors (Lipinski definition) is 1. The van der Waals surface area contributed by atoms with Gasteiger partial charge in [0.2, 0.25) is 10.0 Å². The van der Waals surface area contributed by atoms with E-state index in [9.17, 15) is 13.5 Å². The number of sulfonamides is 1. The lowest BCUT2D eigenvalue weighted by atomic mass is 10.0.